The average molecular weight is 356 g/mol. The van der Waals surface area contributed by atoms with Crippen LogP contribution in [0.3, 0.4) is 0 Å². The summed E-state index contributed by atoms with van der Waals surface area (Å²) < 4.78 is 12.3. The minimum atomic E-state index is -3.54. The Labute approximate surface area is 142 Å². The van der Waals surface area contributed by atoms with E-state index in [4.69, 9.17) is 10.2 Å². The number of carbonyl (C=O) groups is 2. The molecule has 0 bridgehead atoms. The monoisotopic (exact) mass is 356 g/mol. The molecule has 7 heteroatoms. The predicted octanol–water partition coefficient (Wildman–Crippen LogP) is 3.41. The van der Waals surface area contributed by atoms with E-state index in [1.54, 1.807) is 0 Å². The lowest BCUT2D eigenvalue weighted by atomic mass is 9.97. The van der Waals surface area contributed by atoms with E-state index < -0.39 is 38.1 Å². The van der Waals surface area contributed by atoms with Gasteiger partial charge in [0.15, 0.2) is 0 Å². The maximum Gasteiger partial charge on any atom is 0.303 e. The summed E-state index contributed by atoms with van der Waals surface area (Å²) in [5.41, 5.74) is 1.17. The molecule has 0 radical (unpaired) electrons. The van der Waals surface area contributed by atoms with Crippen LogP contribution in [0.5, 0.6) is 0 Å². The van der Waals surface area contributed by atoms with Gasteiger partial charge in [-0.3, -0.25) is 14.2 Å². The molecule has 0 aliphatic carbocycles. The summed E-state index contributed by atoms with van der Waals surface area (Å²) in [4.78, 5) is 31.6. The van der Waals surface area contributed by atoms with E-state index in [0.717, 1.165) is 6.42 Å². The van der Waals surface area contributed by atoms with E-state index in [2.05, 4.69) is 6.92 Å². The number of hydrogen-bond donors (Lipinski definition) is 3. The van der Waals surface area contributed by atoms with Crippen molar-refractivity contribution >= 4 is 19.3 Å². The van der Waals surface area contributed by atoms with Crippen LogP contribution in [0.1, 0.15) is 44.1 Å². The third-order valence-electron chi connectivity index (χ3n) is 3.98. The Kier molecular flexibility index (Phi) is 8.16. The van der Waals surface area contributed by atoms with Gasteiger partial charge in [0, 0.05) is 25.2 Å². The second-order valence-corrected chi connectivity index (χ2v) is 8.77. The zero-order valence-electron chi connectivity index (χ0n) is 13.8. The molecule has 0 amide bonds. The SMILES string of the molecule is CC(CCCP(=O)(O)CC(CC(=O)O)CC(=O)O)c1ccccc1. The smallest absolute Gasteiger partial charge is 0.303 e. The molecule has 2 atom stereocenters. The molecule has 1 aromatic rings. The highest BCUT2D eigenvalue weighted by molar-refractivity contribution is 7.58. The van der Waals surface area contributed by atoms with Crippen LogP contribution in [0.4, 0.5) is 0 Å². The molecular weight excluding hydrogens is 331 g/mol. The van der Waals surface area contributed by atoms with Crippen LogP contribution in [0.25, 0.3) is 0 Å². The van der Waals surface area contributed by atoms with Crippen molar-refractivity contribution < 1.29 is 29.3 Å². The van der Waals surface area contributed by atoms with E-state index in [0.29, 0.717) is 6.42 Å². The summed E-state index contributed by atoms with van der Waals surface area (Å²) in [5.74, 6) is -2.86. The van der Waals surface area contributed by atoms with Crippen LogP contribution in [0, 0.1) is 5.92 Å². The molecule has 0 aromatic heterocycles. The number of hydrogen-bond acceptors (Lipinski definition) is 3. The molecule has 0 aliphatic heterocycles. The minimum absolute atomic E-state index is 0.0832. The molecule has 0 fully saturated rings. The lowest BCUT2D eigenvalue weighted by Crippen LogP contribution is -2.17. The van der Waals surface area contributed by atoms with Gasteiger partial charge in [-0.2, -0.15) is 0 Å². The summed E-state index contributed by atoms with van der Waals surface area (Å²) in [6, 6.07) is 9.86. The van der Waals surface area contributed by atoms with E-state index in [1.165, 1.54) is 5.56 Å². The Morgan fingerprint density at radius 1 is 1.08 bits per heavy atom. The van der Waals surface area contributed by atoms with E-state index >= 15 is 0 Å². The third kappa shape index (κ3) is 8.27. The van der Waals surface area contributed by atoms with Gasteiger partial charge in [-0.1, -0.05) is 37.3 Å². The Morgan fingerprint density at radius 2 is 1.62 bits per heavy atom. The normalized spacial score (nSPS) is 15.0. The number of carboxylic acid groups (broad SMARTS) is 2. The van der Waals surface area contributed by atoms with Gasteiger partial charge in [0.2, 0.25) is 7.37 Å². The molecule has 6 nitrogen and oxygen atoms in total. The molecule has 0 saturated heterocycles. The topological polar surface area (TPSA) is 112 Å². The molecular formula is C17H25O6P. The molecule has 1 rings (SSSR count). The highest BCUT2D eigenvalue weighted by Crippen LogP contribution is 2.45. The van der Waals surface area contributed by atoms with Crippen molar-refractivity contribution in [3.8, 4) is 0 Å². The molecule has 2 unspecified atom stereocenters. The van der Waals surface area contributed by atoms with Gasteiger partial charge in [0.05, 0.1) is 0 Å². The van der Waals surface area contributed by atoms with Crippen LogP contribution in [-0.4, -0.2) is 39.4 Å². The third-order valence-corrected chi connectivity index (χ3v) is 6.09. The van der Waals surface area contributed by atoms with Gasteiger partial charge >= 0.3 is 11.9 Å². The number of rotatable bonds is 11. The van der Waals surface area contributed by atoms with Gasteiger partial charge in [-0.05, 0) is 30.2 Å². The van der Waals surface area contributed by atoms with Crippen molar-refractivity contribution in [1.29, 1.82) is 0 Å². The quantitative estimate of drug-likeness (QED) is 0.524. The first-order valence-corrected chi connectivity index (χ1v) is 10.0. The standard InChI is InChI=1S/C17H25O6P/c1-13(15-7-3-2-4-8-15)6-5-9-24(22,23)12-14(10-16(18)19)11-17(20)21/h2-4,7-8,13-14H,5-6,9-12H2,1H3,(H,18,19)(H,20,21)(H,22,23). The summed E-state index contributed by atoms with van der Waals surface area (Å²) >= 11 is 0. The first-order valence-electron chi connectivity index (χ1n) is 7.99. The molecule has 134 valence electrons. The fourth-order valence-electron chi connectivity index (χ4n) is 2.78. The van der Waals surface area contributed by atoms with Gasteiger partial charge in [-0.25, -0.2) is 0 Å². The van der Waals surface area contributed by atoms with Gasteiger partial charge in [-0.15, -0.1) is 0 Å². The summed E-state index contributed by atoms with van der Waals surface area (Å²) in [5, 5.41) is 17.6. The predicted molar refractivity (Wildman–Crippen MR) is 91.6 cm³/mol. The van der Waals surface area contributed by atoms with Gasteiger partial charge in [0.25, 0.3) is 0 Å². The van der Waals surface area contributed by atoms with Crippen molar-refractivity contribution in [1.82, 2.24) is 0 Å². The first kappa shape index (κ1) is 20.4. The average Bonchev–Trinajstić information content (AvgIpc) is 2.45. The van der Waals surface area contributed by atoms with Crippen molar-refractivity contribution in [3.63, 3.8) is 0 Å². The fraction of sp³-hybridized carbons (Fsp3) is 0.529. The van der Waals surface area contributed by atoms with Crippen molar-refractivity contribution in [2.75, 3.05) is 12.3 Å². The first-order chi connectivity index (χ1) is 11.2. The Bertz CT molecular complexity index is 570. The zero-order chi connectivity index (χ0) is 18.2. The summed E-state index contributed by atoms with van der Waals surface area (Å²) in [6.45, 7) is 2.05. The fourth-order valence-corrected chi connectivity index (χ4v) is 4.71. The van der Waals surface area contributed by atoms with Gasteiger partial charge < -0.3 is 15.1 Å². The second-order valence-electron chi connectivity index (χ2n) is 6.27. The maximum absolute atomic E-state index is 12.3. The highest BCUT2D eigenvalue weighted by atomic mass is 31.2. The molecule has 24 heavy (non-hydrogen) atoms. The number of aliphatic carboxylic acids is 2. The van der Waals surface area contributed by atoms with E-state index in [1.807, 2.05) is 30.3 Å². The van der Waals surface area contributed by atoms with E-state index in [9.17, 15) is 19.0 Å². The summed E-state index contributed by atoms with van der Waals surface area (Å²) in [7, 11) is -3.54. The van der Waals surface area contributed by atoms with Crippen LogP contribution < -0.4 is 0 Å². The maximum atomic E-state index is 12.3. The van der Waals surface area contributed by atoms with Crippen molar-refractivity contribution in [2.24, 2.45) is 5.92 Å². The van der Waals surface area contributed by atoms with Crippen LogP contribution in [-0.2, 0) is 14.2 Å². The van der Waals surface area contributed by atoms with Crippen molar-refractivity contribution in [2.45, 2.75) is 38.5 Å². The van der Waals surface area contributed by atoms with Crippen LogP contribution in [0.15, 0.2) is 30.3 Å². The molecule has 0 heterocycles. The van der Waals surface area contributed by atoms with Crippen LogP contribution >= 0.6 is 7.37 Å². The Balaban J connectivity index is 2.50. The number of carboxylic acids is 2. The number of benzene rings is 1. The van der Waals surface area contributed by atoms with Crippen LogP contribution in [0.2, 0.25) is 0 Å². The molecule has 1 aromatic carbocycles. The summed E-state index contributed by atoms with van der Waals surface area (Å²) in [6.07, 6.45) is 0.299. The highest BCUT2D eigenvalue weighted by Gasteiger charge is 2.27. The van der Waals surface area contributed by atoms with Gasteiger partial charge in [0.1, 0.15) is 0 Å². The lowest BCUT2D eigenvalue weighted by Gasteiger charge is -2.18. The molecule has 0 spiro atoms. The molecule has 3 N–H and O–H groups in total. The Hall–Kier alpha value is -1.65. The van der Waals surface area contributed by atoms with E-state index in [-0.39, 0.29) is 18.2 Å². The molecule has 0 aliphatic rings. The second kappa shape index (κ2) is 9.60. The van der Waals surface area contributed by atoms with Crippen molar-refractivity contribution in [3.05, 3.63) is 35.9 Å². The lowest BCUT2D eigenvalue weighted by molar-refractivity contribution is -0.140. The largest absolute Gasteiger partial charge is 0.481 e. The minimum Gasteiger partial charge on any atom is -0.481 e. The molecule has 0 saturated carbocycles. The zero-order valence-corrected chi connectivity index (χ0v) is 14.7. The Morgan fingerprint density at radius 3 is 2.12 bits per heavy atom.